The molecule has 0 amide bonds. The Kier molecular flexibility index (Phi) is 88.9. The first kappa shape index (κ1) is 33.3. The summed E-state index contributed by atoms with van der Waals surface area (Å²) >= 11 is 0. The molecule has 0 bridgehead atoms. The molecule has 0 aliphatic carbocycles. The average Bonchev–Trinajstić information content (AvgIpc) is 2.60. The topological polar surface area (TPSA) is 191 Å². The number of rotatable bonds is 7. The lowest BCUT2D eigenvalue weighted by Crippen LogP contribution is -1.96. The Labute approximate surface area is 131 Å². The van der Waals surface area contributed by atoms with E-state index in [1.165, 1.54) is 0 Å². The second kappa shape index (κ2) is 58.8. The Morgan fingerprint density at radius 1 is 0.455 bits per heavy atom. The summed E-state index contributed by atoms with van der Waals surface area (Å²) in [7, 11) is 0. The van der Waals surface area contributed by atoms with Crippen molar-refractivity contribution in [2.24, 2.45) is 0 Å². The molecule has 0 aliphatic heterocycles. The molecule has 0 heterocycles. The molecular formula is C12H34O10. The van der Waals surface area contributed by atoms with Crippen molar-refractivity contribution in [1.82, 2.24) is 0 Å². The van der Waals surface area contributed by atoms with Gasteiger partial charge in [-0.3, -0.25) is 0 Å². The minimum absolute atomic E-state index is 0.125. The van der Waals surface area contributed by atoms with E-state index in [0.717, 1.165) is 0 Å². The summed E-state index contributed by atoms with van der Waals surface area (Å²) in [5.41, 5.74) is 0. The minimum Gasteiger partial charge on any atom is -0.394 e. The Morgan fingerprint density at radius 3 is 0.727 bits per heavy atom. The Morgan fingerprint density at radius 2 is 0.682 bits per heavy atom. The second-order valence-electron chi connectivity index (χ2n) is 2.71. The SMILES string of the molecule is CCOCCO.OCCO.OCCO.OCCO.OCCO. The van der Waals surface area contributed by atoms with E-state index in [1.807, 2.05) is 6.92 Å². The zero-order chi connectivity index (χ0) is 18.5. The van der Waals surface area contributed by atoms with E-state index >= 15 is 0 Å². The van der Waals surface area contributed by atoms with Crippen molar-refractivity contribution in [3.8, 4) is 0 Å². The molecule has 0 saturated heterocycles. The predicted molar refractivity (Wildman–Crippen MR) is 80.3 cm³/mol. The lowest BCUT2D eigenvalue weighted by molar-refractivity contribution is 0.102. The molecule has 142 valence electrons. The zero-order valence-corrected chi connectivity index (χ0v) is 13.2. The van der Waals surface area contributed by atoms with Crippen LogP contribution in [-0.4, -0.2) is 119 Å². The molecule has 22 heavy (non-hydrogen) atoms. The van der Waals surface area contributed by atoms with E-state index < -0.39 is 0 Å². The van der Waals surface area contributed by atoms with Crippen molar-refractivity contribution in [2.75, 3.05) is 72.7 Å². The molecule has 10 heteroatoms. The van der Waals surface area contributed by atoms with Crippen LogP contribution in [0, 0.1) is 0 Å². The summed E-state index contributed by atoms with van der Waals surface area (Å²) in [4.78, 5) is 0. The lowest BCUT2D eigenvalue weighted by atomic mass is 10.8. The zero-order valence-electron chi connectivity index (χ0n) is 13.2. The highest BCUT2D eigenvalue weighted by Crippen LogP contribution is 1.66. The third-order valence-electron chi connectivity index (χ3n) is 0.840. The molecule has 0 aromatic heterocycles. The lowest BCUT2D eigenvalue weighted by Gasteiger charge is -1.91. The summed E-state index contributed by atoms with van der Waals surface area (Å²) in [5.74, 6) is 0. The van der Waals surface area contributed by atoms with Crippen molar-refractivity contribution >= 4 is 0 Å². The Hall–Kier alpha value is -0.400. The van der Waals surface area contributed by atoms with Gasteiger partial charge in [-0.15, -0.1) is 0 Å². The number of aliphatic hydroxyl groups excluding tert-OH is 9. The standard InChI is InChI=1S/C4H10O2.4C2H6O2/c1-2-6-4-3-5;4*3-1-2-4/h5H,2-4H2,1H3;4*3-4H,1-2H2. The van der Waals surface area contributed by atoms with Crippen molar-refractivity contribution in [3.05, 3.63) is 0 Å². The van der Waals surface area contributed by atoms with Crippen LogP contribution >= 0.6 is 0 Å². The van der Waals surface area contributed by atoms with E-state index in [1.54, 1.807) is 0 Å². The van der Waals surface area contributed by atoms with E-state index in [9.17, 15) is 0 Å². The summed E-state index contributed by atoms with van der Waals surface area (Å²) in [5, 5.41) is 69.1. The maximum absolute atomic E-state index is 8.07. The molecule has 0 radical (unpaired) electrons. The van der Waals surface area contributed by atoms with Gasteiger partial charge in [-0.05, 0) is 6.92 Å². The van der Waals surface area contributed by atoms with Gasteiger partial charge in [0.2, 0.25) is 0 Å². The molecule has 0 spiro atoms. The highest BCUT2D eigenvalue weighted by atomic mass is 16.5. The highest BCUT2D eigenvalue weighted by molar-refractivity contribution is 4.18. The first-order valence-corrected chi connectivity index (χ1v) is 6.63. The quantitative estimate of drug-likeness (QED) is 0.206. The van der Waals surface area contributed by atoms with Crippen LogP contribution in [0.1, 0.15) is 6.92 Å². The summed E-state index contributed by atoms with van der Waals surface area (Å²) in [6.07, 6.45) is 0. The fourth-order valence-corrected chi connectivity index (χ4v) is 0.209. The van der Waals surface area contributed by atoms with Gasteiger partial charge < -0.3 is 50.7 Å². The molecule has 0 atom stereocenters. The van der Waals surface area contributed by atoms with Crippen LogP contribution in [0.2, 0.25) is 0 Å². The van der Waals surface area contributed by atoms with Gasteiger partial charge in [-0.25, -0.2) is 0 Å². The van der Waals surface area contributed by atoms with Gasteiger partial charge in [0.25, 0.3) is 0 Å². The average molecular weight is 338 g/mol. The van der Waals surface area contributed by atoms with Gasteiger partial charge in [0.15, 0.2) is 0 Å². The van der Waals surface area contributed by atoms with Crippen LogP contribution < -0.4 is 0 Å². The van der Waals surface area contributed by atoms with Crippen molar-refractivity contribution < 1.29 is 50.7 Å². The Balaban J connectivity index is -0.0000000555. The summed E-state index contributed by atoms with van der Waals surface area (Å²) < 4.78 is 4.73. The van der Waals surface area contributed by atoms with Crippen LogP contribution in [0.5, 0.6) is 0 Å². The van der Waals surface area contributed by atoms with Gasteiger partial charge in [0.05, 0.1) is 66.1 Å². The number of hydrogen-bond acceptors (Lipinski definition) is 10. The van der Waals surface area contributed by atoms with Crippen LogP contribution in [0.15, 0.2) is 0 Å². The molecule has 0 aliphatic rings. The fourth-order valence-electron chi connectivity index (χ4n) is 0.209. The van der Waals surface area contributed by atoms with Gasteiger partial charge in [-0.2, -0.15) is 0 Å². The van der Waals surface area contributed by atoms with Gasteiger partial charge in [0, 0.05) is 6.61 Å². The number of hydrogen-bond donors (Lipinski definition) is 9. The van der Waals surface area contributed by atoms with Crippen molar-refractivity contribution in [3.63, 3.8) is 0 Å². The van der Waals surface area contributed by atoms with Gasteiger partial charge in [0.1, 0.15) is 0 Å². The summed E-state index contributed by atoms with van der Waals surface area (Å²) in [6, 6.07) is 0. The first-order valence-electron chi connectivity index (χ1n) is 6.63. The first-order chi connectivity index (χ1) is 10.6. The second-order valence-corrected chi connectivity index (χ2v) is 2.71. The molecule has 0 aromatic carbocycles. The van der Waals surface area contributed by atoms with Gasteiger partial charge >= 0.3 is 0 Å². The predicted octanol–water partition coefficient (Wildman–Crippen LogP) is -4.10. The normalized spacial score (nSPS) is 7.91. The molecule has 0 rings (SSSR count). The molecule has 0 unspecified atom stereocenters. The van der Waals surface area contributed by atoms with E-state index in [0.29, 0.717) is 13.2 Å². The van der Waals surface area contributed by atoms with E-state index in [2.05, 4.69) is 0 Å². The monoisotopic (exact) mass is 338 g/mol. The number of ether oxygens (including phenoxy) is 1. The largest absolute Gasteiger partial charge is 0.394 e. The third-order valence-corrected chi connectivity index (χ3v) is 0.840. The summed E-state index contributed by atoms with van der Waals surface area (Å²) in [6.45, 7) is 2.20. The van der Waals surface area contributed by atoms with Crippen molar-refractivity contribution in [2.45, 2.75) is 6.92 Å². The third kappa shape index (κ3) is 156. The van der Waals surface area contributed by atoms with Crippen LogP contribution in [0.3, 0.4) is 0 Å². The molecule has 0 aromatic rings. The maximum atomic E-state index is 8.07. The van der Waals surface area contributed by atoms with Gasteiger partial charge in [-0.1, -0.05) is 0 Å². The van der Waals surface area contributed by atoms with Crippen LogP contribution in [-0.2, 0) is 4.74 Å². The molecule has 0 saturated carbocycles. The van der Waals surface area contributed by atoms with Crippen LogP contribution in [0.25, 0.3) is 0 Å². The molecule has 0 fully saturated rings. The fraction of sp³-hybridized carbons (Fsp3) is 1.00. The van der Waals surface area contributed by atoms with E-state index in [-0.39, 0.29) is 59.5 Å². The maximum Gasteiger partial charge on any atom is 0.0697 e. The molecule has 9 N–H and O–H groups in total. The Bertz CT molecular complexity index is 79.9. The van der Waals surface area contributed by atoms with Crippen molar-refractivity contribution in [1.29, 1.82) is 0 Å². The minimum atomic E-state index is -0.125. The number of aliphatic hydroxyl groups is 9. The molecular weight excluding hydrogens is 304 g/mol. The molecule has 10 nitrogen and oxygen atoms in total. The highest BCUT2D eigenvalue weighted by Gasteiger charge is 1.73. The smallest absolute Gasteiger partial charge is 0.0697 e. The van der Waals surface area contributed by atoms with Crippen LogP contribution in [0.4, 0.5) is 0 Å². The van der Waals surface area contributed by atoms with E-state index in [4.69, 9.17) is 50.7 Å².